The second-order valence-corrected chi connectivity index (χ2v) is 6.64. The fourth-order valence-corrected chi connectivity index (χ4v) is 2.59. The standard InChI is InChI=1S/C21H21N5O5/c1-13-6-5-8-15(14(13)2)23-21(29)24-17(27)12-30-19(28)10-9-18-25-20(26-31-18)16-7-3-4-11-22-16/h3-8,11H,9-10,12H2,1-2H3,(H2,23,24,27,29). The van der Waals surface area contributed by atoms with Crippen LogP contribution >= 0.6 is 0 Å². The maximum absolute atomic E-state index is 11.9. The predicted molar refractivity (Wildman–Crippen MR) is 110 cm³/mol. The summed E-state index contributed by atoms with van der Waals surface area (Å²) in [5, 5.41) is 8.51. The topological polar surface area (TPSA) is 136 Å². The zero-order chi connectivity index (χ0) is 22.2. The highest BCUT2D eigenvalue weighted by Crippen LogP contribution is 2.17. The highest BCUT2D eigenvalue weighted by Gasteiger charge is 2.14. The number of rotatable bonds is 7. The van der Waals surface area contributed by atoms with Crippen molar-refractivity contribution in [3.05, 3.63) is 59.6 Å². The van der Waals surface area contributed by atoms with Crippen LogP contribution in [0.25, 0.3) is 11.5 Å². The van der Waals surface area contributed by atoms with Crippen molar-refractivity contribution < 1.29 is 23.6 Å². The van der Waals surface area contributed by atoms with E-state index in [-0.39, 0.29) is 18.7 Å². The Hall–Kier alpha value is -4.08. The quantitative estimate of drug-likeness (QED) is 0.553. The normalized spacial score (nSPS) is 10.4. The molecule has 3 rings (SSSR count). The minimum atomic E-state index is -0.744. The SMILES string of the molecule is Cc1cccc(NC(=O)NC(=O)COC(=O)CCc2nc(-c3ccccn3)no2)c1C. The van der Waals surface area contributed by atoms with E-state index < -0.39 is 24.5 Å². The van der Waals surface area contributed by atoms with Crippen molar-refractivity contribution in [2.45, 2.75) is 26.7 Å². The van der Waals surface area contributed by atoms with Gasteiger partial charge >= 0.3 is 12.0 Å². The first kappa shape index (κ1) is 21.6. The van der Waals surface area contributed by atoms with E-state index in [1.165, 1.54) is 0 Å². The monoisotopic (exact) mass is 423 g/mol. The zero-order valence-corrected chi connectivity index (χ0v) is 17.0. The average molecular weight is 423 g/mol. The Morgan fingerprint density at radius 3 is 2.71 bits per heavy atom. The molecule has 0 radical (unpaired) electrons. The third kappa shape index (κ3) is 6.20. The lowest BCUT2D eigenvalue weighted by atomic mass is 10.1. The third-order valence-corrected chi connectivity index (χ3v) is 4.38. The fraction of sp³-hybridized carbons (Fsp3) is 0.238. The van der Waals surface area contributed by atoms with Gasteiger partial charge < -0.3 is 14.6 Å². The number of aryl methyl sites for hydroxylation is 2. The first-order valence-electron chi connectivity index (χ1n) is 9.49. The Bertz CT molecular complexity index is 1080. The number of imide groups is 1. The molecule has 0 saturated heterocycles. The Balaban J connectivity index is 1.39. The van der Waals surface area contributed by atoms with Crippen LogP contribution in [0.2, 0.25) is 0 Å². The van der Waals surface area contributed by atoms with Crippen LogP contribution in [0.15, 0.2) is 47.1 Å². The van der Waals surface area contributed by atoms with E-state index in [4.69, 9.17) is 9.26 Å². The molecule has 2 aromatic heterocycles. The fourth-order valence-electron chi connectivity index (χ4n) is 2.59. The van der Waals surface area contributed by atoms with Gasteiger partial charge in [-0.05, 0) is 43.2 Å². The number of benzene rings is 1. The Morgan fingerprint density at radius 1 is 1.10 bits per heavy atom. The van der Waals surface area contributed by atoms with Gasteiger partial charge in [0.2, 0.25) is 11.7 Å². The molecule has 0 fully saturated rings. The molecule has 0 saturated carbocycles. The number of nitrogens with zero attached hydrogens (tertiary/aromatic N) is 3. The molecule has 10 heteroatoms. The van der Waals surface area contributed by atoms with Gasteiger partial charge in [0.05, 0.1) is 6.42 Å². The molecule has 10 nitrogen and oxygen atoms in total. The van der Waals surface area contributed by atoms with Gasteiger partial charge in [0.1, 0.15) is 5.69 Å². The molecule has 0 bridgehead atoms. The maximum Gasteiger partial charge on any atom is 0.325 e. The molecule has 3 aromatic rings. The third-order valence-electron chi connectivity index (χ3n) is 4.38. The van der Waals surface area contributed by atoms with Gasteiger partial charge in [-0.2, -0.15) is 4.98 Å². The van der Waals surface area contributed by atoms with Crippen LogP contribution in [0.1, 0.15) is 23.4 Å². The highest BCUT2D eigenvalue weighted by atomic mass is 16.5. The molecule has 3 amide bonds. The minimum absolute atomic E-state index is 0.0637. The molecule has 0 aliphatic carbocycles. The molecule has 1 aromatic carbocycles. The van der Waals surface area contributed by atoms with Crippen LogP contribution in [-0.2, 0) is 20.7 Å². The van der Waals surface area contributed by atoms with Gasteiger partial charge in [-0.1, -0.05) is 23.4 Å². The predicted octanol–water partition coefficient (Wildman–Crippen LogP) is 2.57. The number of anilines is 1. The van der Waals surface area contributed by atoms with Crippen molar-refractivity contribution >= 4 is 23.6 Å². The lowest BCUT2D eigenvalue weighted by Crippen LogP contribution is -2.37. The summed E-state index contributed by atoms with van der Waals surface area (Å²) in [4.78, 5) is 43.9. The van der Waals surface area contributed by atoms with Crippen molar-refractivity contribution in [3.8, 4) is 11.5 Å². The number of esters is 1. The van der Waals surface area contributed by atoms with E-state index in [2.05, 4.69) is 25.8 Å². The summed E-state index contributed by atoms with van der Waals surface area (Å²) in [5.41, 5.74) is 3.04. The largest absolute Gasteiger partial charge is 0.456 e. The molecule has 0 atom stereocenters. The number of ether oxygens (including phenoxy) is 1. The van der Waals surface area contributed by atoms with Crippen molar-refractivity contribution in [1.82, 2.24) is 20.4 Å². The van der Waals surface area contributed by atoms with E-state index >= 15 is 0 Å². The number of amides is 3. The van der Waals surface area contributed by atoms with Crippen LogP contribution < -0.4 is 10.6 Å². The molecule has 2 N–H and O–H groups in total. The molecular formula is C21H21N5O5. The van der Waals surface area contributed by atoms with Crippen LogP contribution in [-0.4, -0.2) is 39.6 Å². The van der Waals surface area contributed by atoms with E-state index in [1.807, 2.05) is 19.9 Å². The lowest BCUT2D eigenvalue weighted by Gasteiger charge is -2.11. The van der Waals surface area contributed by atoms with Crippen molar-refractivity contribution in [3.63, 3.8) is 0 Å². The van der Waals surface area contributed by atoms with Crippen molar-refractivity contribution in [2.75, 3.05) is 11.9 Å². The summed E-state index contributed by atoms with van der Waals surface area (Å²) in [5.74, 6) is -0.817. The maximum atomic E-state index is 11.9. The van der Waals surface area contributed by atoms with Crippen LogP contribution in [0, 0.1) is 13.8 Å². The first-order valence-corrected chi connectivity index (χ1v) is 9.49. The molecule has 31 heavy (non-hydrogen) atoms. The Labute approximate surface area is 178 Å². The Morgan fingerprint density at radius 2 is 1.94 bits per heavy atom. The van der Waals surface area contributed by atoms with E-state index in [9.17, 15) is 14.4 Å². The van der Waals surface area contributed by atoms with Crippen LogP contribution in [0.3, 0.4) is 0 Å². The highest BCUT2D eigenvalue weighted by molar-refractivity contribution is 6.02. The number of hydrogen-bond donors (Lipinski definition) is 2. The van der Waals surface area contributed by atoms with E-state index in [0.717, 1.165) is 11.1 Å². The minimum Gasteiger partial charge on any atom is -0.456 e. The van der Waals surface area contributed by atoms with Gasteiger partial charge in [0.15, 0.2) is 6.61 Å². The van der Waals surface area contributed by atoms with E-state index in [0.29, 0.717) is 17.2 Å². The molecule has 0 unspecified atom stereocenters. The van der Waals surface area contributed by atoms with Gasteiger partial charge in [-0.25, -0.2) is 4.79 Å². The first-order chi connectivity index (χ1) is 14.9. The molecule has 0 aliphatic rings. The Kier molecular flexibility index (Phi) is 7.05. The van der Waals surface area contributed by atoms with Crippen LogP contribution in [0.5, 0.6) is 0 Å². The second-order valence-electron chi connectivity index (χ2n) is 6.64. The number of urea groups is 1. The number of aromatic nitrogens is 3. The summed E-state index contributed by atoms with van der Waals surface area (Å²) < 4.78 is 9.96. The molecular weight excluding hydrogens is 402 g/mol. The molecule has 0 spiro atoms. The second kappa shape index (κ2) is 10.1. The number of carbonyl (C=O) groups is 3. The average Bonchev–Trinajstić information content (AvgIpc) is 3.24. The van der Waals surface area contributed by atoms with Gasteiger partial charge in [0.25, 0.3) is 5.91 Å². The summed E-state index contributed by atoms with van der Waals surface area (Å²) in [6, 6.07) is 10.0. The lowest BCUT2D eigenvalue weighted by molar-refractivity contribution is -0.148. The summed E-state index contributed by atoms with van der Waals surface area (Å²) >= 11 is 0. The van der Waals surface area contributed by atoms with E-state index in [1.54, 1.807) is 36.5 Å². The summed E-state index contributed by atoms with van der Waals surface area (Å²) in [6.07, 6.45) is 1.69. The summed E-state index contributed by atoms with van der Waals surface area (Å²) in [7, 11) is 0. The number of pyridine rings is 1. The number of hydrogen-bond acceptors (Lipinski definition) is 8. The molecule has 0 aliphatic heterocycles. The molecule has 160 valence electrons. The van der Waals surface area contributed by atoms with Gasteiger partial charge in [0, 0.05) is 18.3 Å². The zero-order valence-electron chi connectivity index (χ0n) is 17.0. The summed E-state index contributed by atoms with van der Waals surface area (Å²) in [6.45, 7) is 3.19. The number of nitrogens with one attached hydrogen (secondary N) is 2. The van der Waals surface area contributed by atoms with Crippen molar-refractivity contribution in [2.24, 2.45) is 0 Å². The van der Waals surface area contributed by atoms with Gasteiger partial charge in [-0.3, -0.25) is 19.9 Å². The van der Waals surface area contributed by atoms with Crippen molar-refractivity contribution in [1.29, 1.82) is 0 Å². The molecule has 2 heterocycles. The smallest absolute Gasteiger partial charge is 0.325 e. The number of carbonyl (C=O) groups excluding carboxylic acids is 3. The van der Waals surface area contributed by atoms with Crippen LogP contribution in [0.4, 0.5) is 10.5 Å². The van der Waals surface area contributed by atoms with Gasteiger partial charge in [-0.15, -0.1) is 0 Å².